The van der Waals surface area contributed by atoms with Crippen molar-refractivity contribution in [3.8, 4) is 6.07 Å². The number of nitrogens with one attached hydrogen (secondary N) is 1. The van der Waals surface area contributed by atoms with E-state index in [-0.39, 0.29) is 5.41 Å². The number of aryl methyl sites for hydroxylation is 1. The highest BCUT2D eigenvalue weighted by Crippen LogP contribution is 2.23. The molecule has 0 saturated heterocycles. The summed E-state index contributed by atoms with van der Waals surface area (Å²) in [4.78, 5) is 0. The van der Waals surface area contributed by atoms with Crippen LogP contribution in [-0.4, -0.2) is 6.54 Å². The Bertz CT molecular complexity index is 447. The number of nitrogens with zero attached hydrogens (tertiary/aromatic N) is 1. The summed E-state index contributed by atoms with van der Waals surface area (Å²) in [6.07, 6.45) is 4.19. The Labute approximate surface area is 125 Å². The van der Waals surface area contributed by atoms with Gasteiger partial charge in [-0.05, 0) is 56.9 Å². The molecule has 0 aromatic heterocycles. The van der Waals surface area contributed by atoms with Crippen molar-refractivity contribution < 1.29 is 0 Å². The van der Waals surface area contributed by atoms with Crippen LogP contribution < -0.4 is 5.32 Å². The maximum atomic E-state index is 8.95. The number of anilines is 1. The lowest BCUT2D eigenvalue weighted by atomic mass is 9.89. The zero-order valence-electron chi connectivity index (χ0n) is 12.1. The van der Waals surface area contributed by atoms with E-state index in [2.05, 4.69) is 52.4 Å². The largest absolute Gasteiger partial charge is 0.385 e. The van der Waals surface area contributed by atoms with Crippen LogP contribution in [0.25, 0.3) is 0 Å². The van der Waals surface area contributed by atoms with Gasteiger partial charge in [0.1, 0.15) is 0 Å². The van der Waals surface area contributed by atoms with Crippen LogP contribution in [0.2, 0.25) is 0 Å². The van der Waals surface area contributed by atoms with Gasteiger partial charge in [-0.3, -0.25) is 0 Å². The molecule has 3 heteroatoms. The second kappa shape index (κ2) is 7.55. The summed E-state index contributed by atoms with van der Waals surface area (Å²) in [5.41, 5.74) is 2.38. The van der Waals surface area contributed by atoms with Gasteiger partial charge < -0.3 is 5.32 Å². The van der Waals surface area contributed by atoms with E-state index in [0.717, 1.165) is 36.7 Å². The summed E-state index contributed by atoms with van der Waals surface area (Å²) >= 11 is 3.50. The smallest absolute Gasteiger partial charge is 0.0683 e. The van der Waals surface area contributed by atoms with Gasteiger partial charge in [0.2, 0.25) is 0 Å². The first-order valence-corrected chi connectivity index (χ1v) is 7.71. The first-order valence-electron chi connectivity index (χ1n) is 6.92. The Morgan fingerprint density at radius 2 is 2.05 bits per heavy atom. The molecule has 0 bridgehead atoms. The second-order valence-corrected chi connectivity index (χ2v) is 6.45. The van der Waals surface area contributed by atoms with Crippen molar-refractivity contribution in [3.63, 3.8) is 0 Å². The molecule has 1 N–H and O–H groups in total. The van der Waals surface area contributed by atoms with Crippen LogP contribution in [0.3, 0.4) is 0 Å². The molecular formula is C16H23BrN2. The molecule has 1 aromatic rings. The van der Waals surface area contributed by atoms with E-state index >= 15 is 0 Å². The number of unbranched alkanes of at least 4 members (excludes halogenated alkanes) is 1. The fourth-order valence-electron chi connectivity index (χ4n) is 2.00. The molecule has 0 unspecified atom stereocenters. The van der Waals surface area contributed by atoms with Crippen molar-refractivity contribution in [1.29, 1.82) is 5.26 Å². The Morgan fingerprint density at radius 3 is 2.68 bits per heavy atom. The third-order valence-electron chi connectivity index (χ3n) is 3.29. The lowest BCUT2D eigenvalue weighted by Crippen LogP contribution is -2.09. The minimum absolute atomic E-state index is 0.188. The third-order valence-corrected chi connectivity index (χ3v) is 3.79. The Balaban J connectivity index is 2.36. The van der Waals surface area contributed by atoms with E-state index < -0.39 is 0 Å². The van der Waals surface area contributed by atoms with Crippen molar-refractivity contribution in [3.05, 3.63) is 28.2 Å². The van der Waals surface area contributed by atoms with Crippen LogP contribution in [0.1, 0.15) is 45.6 Å². The number of benzene rings is 1. The fraction of sp³-hybridized carbons (Fsp3) is 0.562. The number of halogens is 1. The van der Waals surface area contributed by atoms with Crippen molar-refractivity contribution in [2.45, 2.75) is 46.5 Å². The lowest BCUT2D eigenvalue weighted by Gasteiger charge is -2.15. The molecule has 0 aliphatic heterocycles. The molecule has 0 aliphatic carbocycles. The predicted molar refractivity (Wildman–Crippen MR) is 85.3 cm³/mol. The molecule has 1 aromatic carbocycles. The van der Waals surface area contributed by atoms with Gasteiger partial charge in [0.15, 0.2) is 0 Å². The fourth-order valence-corrected chi connectivity index (χ4v) is 2.41. The first kappa shape index (κ1) is 16.0. The number of hydrogen-bond donors (Lipinski definition) is 1. The zero-order chi connectivity index (χ0) is 14.3. The minimum atomic E-state index is -0.188. The van der Waals surface area contributed by atoms with Gasteiger partial charge in [-0.2, -0.15) is 5.26 Å². The van der Waals surface area contributed by atoms with Crippen LogP contribution in [0, 0.1) is 16.7 Å². The molecule has 0 fully saturated rings. The molecule has 0 spiro atoms. The molecule has 0 saturated carbocycles. The Kier molecular flexibility index (Phi) is 6.37. The van der Waals surface area contributed by atoms with Crippen molar-refractivity contribution in [2.75, 3.05) is 11.9 Å². The highest BCUT2D eigenvalue weighted by atomic mass is 79.9. The minimum Gasteiger partial charge on any atom is -0.385 e. The van der Waals surface area contributed by atoms with E-state index in [1.807, 2.05) is 13.8 Å². The van der Waals surface area contributed by atoms with Crippen LogP contribution in [0.4, 0.5) is 5.69 Å². The number of rotatable bonds is 7. The Hall–Kier alpha value is -1.01. The van der Waals surface area contributed by atoms with Gasteiger partial charge >= 0.3 is 0 Å². The number of nitriles is 1. The van der Waals surface area contributed by atoms with E-state index in [1.54, 1.807) is 0 Å². The molecular weight excluding hydrogens is 300 g/mol. The van der Waals surface area contributed by atoms with Gasteiger partial charge in [0.05, 0.1) is 11.5 Å². The van der Waals surface area contributed by atoms with Crippen molar-refractivity contribution >= 4 is 21.6 Å². The van der Waals surface area contributed by atoms with Gasteiger partial charge in [0, 0.05) is 16.7 Å². The zero-order valence-corrected chi connectivity index (χ0v) is 13.7. The average Bonchev–Trinajstić information content (AvgIpc) is 2.39. The van der Waals surface area contributed by atoms with Gasteiger partial charge in [0.25, 0.3) is 0 Å². The highest BCUT2D eigenvalue weighted by Gasteiger charge is 2.15. The van der Waals surface area contributed by atoms with E-state index in [0.29, 0.717) is 0 Å². The second-order valence-electron chi connectivity index (χ2n) is 5.53. The quantitative estimate of drug-likeness (QED) is 0.705. The average molecular weight is 323 g/mol. The van der Waals surface area contributed by atoms with E-state index in [9.17, 15) is 0 Å². The molecule has 19 heavy (non-hydrogen) atoms. The van der Waals surface area contributed by atoms with Crippen molar-refractivity contribution in [1.82, 2.24) is 0 Å². The predicted octanol–water partition coefficient (Wildman–Crippen LogP) is 5.14. The normalized spacial score (nSPS) is 11.1. The van der Waals surface area contributed by atoms with Gasteiger partial charge in [-0.25, -0.2) is 0 Å². The third kappa shape index (κ3) is 5.65. The van der Waals surface area contributed by atoms with Crippen LogP contribution in [0.15, 0.2) is 22.7 Å². The molecule has 2 nitrogen and oxygen atoms in total. The maximum Gasteiger partial charge on any atom is 0.0683 e. The molecule has 104 valence electrons. The molecule has 1 rings (SSSR count). The topological polar surface area (TPSA) is 35.8 Å². The summed E-state index contributed by atoms with van der Waals surface area (Å²) in [6, 6.07) is 8.71. The van der Waals surface area contributed by atoms with E-state index in [4.69, 9.17) is 5.26 Å². The summed E-state index contributed by atoms with van der Waals surface area (Å²) in [5.74, 6) is 0. The monoisotopic (exact) mass is 322 g/mol. The highest BCUT2D eigenvalue weighted by molar-refractivity contribution is 9.10. The van der Waals surface area contributed by atoms with Crippen LogP contribution >= 0.6 is 15.9 Å². The van der Waals surface area contributed by atoms with Gasteiger partial charge in [-0.15, -0.1) is 0 Å². The van der Waals surface area contributed by atoms with Crippen molar-refractivity contribution in [2.24, 2.45) is 5.41 Å². The molecule has 0 aliphatic rings. The summed E-state index contributed by atoms with van der Waals surface area (Å²) in [5, 5.41) is 12.4. The SMILES string of the molecule is CCc1cc(Br)ccc1NCCCCC(C)(C)C#N. The molecule has 0 heterocycles. The maximum absolute atomic E-state index is 8.95. The molecule has 0 amide bonds. The van der Waals surface area contributed by atoms with E-state index in [1.165, 1.54) is 11.3 Å². The molecule has 0 radical (unpaired) electrons. The Morgan fingerprint density at radius 1 is 1.32 bits per heavy atom. The van der Waals surface area contributed by atoms with Crippen LogP contribution in [-0.2, 0) is 6.42 Å². The summed E-state index contributed by atoms with van der Waals surface area (Å²) in [7, 11) is 0. The first-order chi connectivity index (χ1) is 8.98. The summed E-state index contributed by atoms with van der Waals surface area (Å²) in [6.45, 7) is 7.15. The number of hydrogen-bond acceptors (Lipinski definition) is 2. The molecule has 0 atom stereocenters. The van der Waals surface area contributed by atoms with Crippen LogP contribution in [0.5, 0.6) is 0 Å². The lowest BCUT2D eigenvalue weighted by molar-refractivity contribution is 0.430. The van der Waals surface area contributed by atoms with Gasteiger partial charge in [-0.1, -0.05) is 29.3 Å². The standard InChI is InChI=1S/C16H23BrN2/c1-4-13-11-14(17)7-8-15(13)19-10-6-5-9-16(2,3)12-18/h7-8,11,19H,4-6,9-10H2,1-3H3. The summed E-state index contributed by atoms with van der Waals surface area (Å²) < 4.78 is 1.13.